The molecule has 1 aliphatic heterocycles. The molecule has 0 bridgehead atoms. The van der Waals surface area contributed by atoms with E-state index in [0.29, 0.717) is 11.5 Å². The molecule has 0 N–H and O–H groups in total. The number of rotatable bonds is 2. The van der Waals surface area contributed by atoms with Crippen molar-refractivity contribution in [1.29, 1.82) is 5.26 Å². The van der Waals surface area contributed by atoms with Crippen molar-refractivity contribution in [3.63, 3.8) is 0 Å². The zero-order valence-electron chi connectivity index (χ0n) is 11.4. The van der Waals surface area contributed by atoms with E-state index < -0.39 is 0 Å². The van der Waals surface area contributed by atoms with Crippen LogP contribution in [0.5, 0.6) is 5.75 Å². The average molecular weight is 266 g/mol. The Morgan fingerprint density at radius 3 is 2.85 bits per heavy atom. The fraction of sp³-hybridized carbons (Fsp3) is 0.267. The first-order valence-corrected chi connectivity index (χ1v) is 6.40. The third-order valence-electron chi connectivity index (χ3n) is 3.23. The Hall–Kier alpha value is -2.61. The van der Waals surface area contributed by atoms with E-state index in [-0.39, 0.29) is 0 Å². The van der Waals surface area contributed by atoms with E-state index >= 15 is 0 Å². The summed E-state index contributed by atoms with van der Waals surface area (Å²) in [6.07, 6.45) is 0.904. The molecule has 0 aliphatic carbocycles. The van der Waals surface area contributed by atoms with Crippen LogP contribution in [0.1, 0.15) is 11.3 Å². The highest BCUT2D eigenvalue weighted by Gasteiger charge is 2.15. The van der Waals surface area contributed by atoms with Crippen LogP contribution in [0.15, 0.2) is 24.3 Å². The predicted octanol–water partition coefficient (Wildman–Crippen LogP) is 2.02. The van der Waals surface area contributed by atoms with Crippen molar-refractivity contribution in [2.75, 3.05) is 25.6 Å². The fourth-order valence-corrected chi connectivity index (χ4v) is 2.18. The molecule has 0 unspecified atom stereocenters. The van der Waals surface area contributed by atoms with Crippen LogP contribution in [0, 0.1) is 11.3 Å². The van der Waals surface area contributed by atoms with Gasteiger partial charge in [0.1, 0.15) is 23.3 Å². The lowest BCUT2D eigenvalue weighted by Gasteiger charge is -2.12. The SMILES string of the molecule is CN(C)c1cc(C#N)nc(-c2ccc3c(c2)CCO3)n1. The predicted molar refractivity (Wildman–Crippen MR) is 75.7 cm³/mol. The Labute approximate surface area is 117 Å². The highest BCUT2D eigenvalue weighted by Crippen LogP contribution is 2.29. The van der Waals surface area contributed by atoms with Gasteiger partial charge in [0.2, 0.25) is 0 Å². The fourth-order valence-electron chi connectivity index (χ4n) is 2.18. The van der Waals surface area contributed by atoms with E-state index in [0.717, 1.165) is 30.2 Å². The van der Waals surface area contributed by atoms with Gasteiger partial charge < -0.3 is 9.64 Å². The minimum Gasteiger partial charge on any atom is -0.493 e. The molecule has 0 fully saturated rings. The van der Waals surface area contributed by atoms with Gasteiger partial charge in [0.25, 0.3) is 0 Å². The number of ether oxygens (including phenoxy) is 1. The molecule has 1 aromatic carbocycles. The van der Waals surface area contributed by atoms with E-state index in [4.69, 9.17) is 10.00 Å². The standard InChI is InChI=1S/C15H14N4O/c1-19(2)14-8-12(9-16)17-15(18-14)11-3-4-13-10(7-11)5-6-20-13/h3-4,7-8H,5-6H2,1-2H3. The van der Waals surface area contributed by atoms with Gasteiger partial charge in [-0.25, -0.2) is 9.97 Å². The van der Waals surface area contributed by atoms with Crippen molar-refractivity contribution in [2.45, 2.75) is 6.42 Å². The van der Waals surface area contributed by atoms with E-state index in [1.54, 1.807) is 6.07 Å². The summed E-state index contributed by atoms with van der Waals surface area (Å²) in [5, 5.41) is 9.09. The van der Waals surface area contributed by atoms with Crippen molar-refractivity contribution in [1.82, 2.24) is 9.97 Å². The van der Waals surface area contributed by atoms with Crippen LogP contribution < -0.4 is 9.64 Å². The second-order valence-corrected chi connectivity index (χ2v) is 4.86. The summed E-state index contributed by atoms with van der Waals surface area (Å²) in [7, 11) is 3.79. The smallest absolute Gasteiger partial charge is 0.163 e. The molecule has 5 nitrogen and oxygen atoms in total. The summed E-state index contributed by atoms with van der Waals surface area (Å²) in [5.74, 6) is 2.23. The van der Waals surface area contributed by atoms with Crippen LogP contribution in [-0.2, 0) is 6.42 Å². The third-order valence-corrected chi connectivity index (χ3v) is 3.23. The van der Waals surface area contributed by atoms with Gasteiger partial charge >= 0.3 is 0 Å². The Morgan fingerprint density at radius 2 is 2.10 bits per heavy atom. The summed E-state index contributed by atoms with van der Waals surface area (Å²) in [6, 6.07) is 9.67. The molecule has 0 atom stereocenters. The molecule has 0 amide bonds. The molecule has 1 aromatic heterocycles. The molecule has 0 spiro atoms. The Kier molecular flexibility index (Phi) is 2.99. The first kappa shape index (κ1) is 12.4. The molecule has 2 heterocycles. The minimum atomic E-state index is 0.371. The van der Waals surface area contributed by atoms with Crippen LogP contribution >= 0.6 is 0 Å². The Bertz CT molecular complexity index is 704. The van der Waals surface area contributed by atoms with Crippen LogP contribution in [0.2, 0.25) is 0 Å². The molecule has 0 saturated carbocycles. The monoisotopic (exact) mass is 266 g/mol. The van der Waals surface area contributed by atoms with Gasteiger partial charge in [-0.1, -0.05) is 0 Å². The van der Waals surface area contributed by atoms with Crippen LogP contribution in [0.4, 0.5) is 5.82 Å². The van der Waals surface area contributed by atoms with Crippen molar-refractivity contribution < 1.29 is 4.74 Å². The largest absolute Gasteiger partial charge is 0.493 e. The molecule has 2 aromatic rings. The number of benzene rings is 1. The van der Waals surface area contributed by atoms with Gasteiger partial charge in [-0.2, -0.15) is 5.26 Å². The van der Waals surface area contributed by atoms with Gasteiger partial charge in [-0.05, 0) is 23.8 Å². The molecule has 3 rings (SSSR count). The first-order chi connectivity index (χ1) is 9.67. The van der Waals surface area contributed by atoms with Gasteiger partial charge in [-0.15, -0.1) is 0 Å². The second-order valence-electron chi connectivity index (χ2n) is 4.86. The van der Waals surface area contributed by atoms with Crippen LogP contribution in [0.25, 0.3) is 11.4 Å². The van der Waals surface area contributed by atoms with Crippen LogP contribution in [-0.4, -0.2) is 30.7 Å². The molecule has 100 valence electrons. The number of fused-ring (bicyclic) bond motifs is 1. The second kappa shape index (κ2) is 4.82. The third kappa shape index (κ3) is 2.16. The lowest BCUT2D eigenvalue weighted by Crippen LogP contribution is -2.12. The summed E-state index contributed by atoms with van der Waals surface area (Å²) < 4.78 is 5.49. The lowest BCUT2D eigenvalue weighted by molar-refractivity contribution is 0.357. The highest BCUT2D eigenvalue weighted by molar-refractivity contribution is 5.62. The summed E-state index contributed by atoms with van der Waals surface area (Å²) >= 11 is 0. The molecule has 20 heavy (non-hydrogen) atoms. The van der Waals surface area contributed by atoms with E-state index in [9.17, 15) is 0 Å². The van der Waals surface area contributed by atoms with Crippen molar-refractivity contribution >= 4 is 5.82 Å². The molecule has 0 saturated heterocycles. The van der Waals surface area contributed by atoms with Gasteiger partial charge in [-0.3, -0.25) is 0 Å². The first-order valence-electron chi connectivity index (χ1n) is 6.40. The molecule has 0 radical (unpaired) electrons. The van der Waals surface area contributed by atoms with Crippen molar-refractivity contribution in [3.8, 4) is 23.2 Å². The van der Waals surface area contributed by atoms with Crippen molar-refractivity contribution in [3.05, 3.63) is 35.5 Å². The highest BCUT2D eigenvalue weighted by atomic mass is 16.5. The molecular weight excluding hydrogens is 252 g/mol. The summed E-state index contributed by atoms with van der Waals surface area (Å²) in [4.78, 5) is 10.7. The zero-order valence-corrected chi connectivity index (χ0v) is 11.4. The topological polar surface area (TPSA) is 62.0 Å². The van der Waals surface area contributed by atoms with Gasteiger partial charge in [0.05, 0.1) is 6.61 Å². The average Bonchev–Trinajstić information content (AvgIpc) is 2.94. The molecule has 1 aliphatic rings. The maximum absolute atomic E-state index is 9.09. The quantitative estimate of drug-likeness (QED) is 0.832. The minimum absolute atomic E-state index is 0.371. The normalized spacial score (nSPS) is 12.4. The van der Waals surface area contributed by atoms with Crippen LogP contribution in [0.3, 0.4) is 0 Å². The number of hydrogen-bond acceptors (Lipinski definition) is 5. The summed E-state index contributed by atoms with van der Waals surface area (Å²) in [6.45, 7) is 0.723. The molecule has 5 heteroatoms. The number of hydrogen-bond donors (Lipinski definition) is 0. The lowest BCUT2D eigenvalue weighted by atomic mass is 10.1. The zero-order chi connectivity index (χ0) is 14.1. The summed E-state index contributed by atoms with van der Waals surface area (Å²) in [5.41, 5.74) is 2.45. The van der Waals surface area contributed by atoms with E-state index in [1.807, 2.05) is 37.2 Å². The molecular formula is C15H14N4O. The number of aromatic nitrogens is 2. The van der Waals surface area contributed by atoms with Gasteiger partial charge in [0.15, 0.2) is 5.82 Å². The maximum Gasteiger partial charge on any atom is 0.163 e. The van der Waals surface area contributed by atoms with E-state index in [2.05, 4.69) is 16.0 Å². The Morgan fingerprint density at radius 1 is 1.25 bits per heavy atom. The maximum atomic E-state index is 9.09. The number of anilines is 1. The van der Waals surface area contributed by atoms with Gasteiger partial charge in [0, 0.05) is 32.1 Å². The number of nitriles is 1. The van der Waals surface area contributed by atoms with Crippen molar-refractivity contribution in [2.24, 2.45) is 0 Å². The van der Waals surface area contributed by atoms with E-state index in [1.165, 1.54) is 5.56 Å². The Balaban J connectivity index is 2.10. The number of nitrogens with zero attached hydrogens (tertiary/aromatic N) is 4.